The van der Waals surface area contributed by atoms with Crippen molar-refractivity contribution in [2.24, 2.45) is 0 Å². The van der Waals surface area contributed by atoms with Crippen LogP contribution in [0.3, 0.4) is 0 Å². The van der Waals surface area contributed by atoms with Crippen LogP contribution in [0.25, 0.3) is 0 Å². The Bertz CT molecular complexity index is 656. The maximum atomic E-state index is 12.1. The van der Waals surface area contributed by atoms with Crippen molar-refractivity contribution < 1.29 is 22.7 Å². The number of sulfone groups is 1. The third-order valence-corrected chi connectivity index (χ3v) is 5.61. The molecule has 0 unspecified atom stereocenters. The number of ether oxygens (including phenoxy) is 1. The summed E-state index contributed by atoms with van der Waals surface area (Å²) in [6.07, 6.45) is 0.981. The first-order valence-electron chi connectivity index (χ1n) is 7.62. The third kappa shape index (κ3) is 5.06. The molecular formula is C16H21NO5S. The van der Waals surface area contributed by atoms with Crippen molar-refractivity contribution in [3.05, 3.63) is 35.9 Å². The molecule has 23 heavy (non-hydrogen) atoms. The van der Waals surface area contributed by atoms with Crippen LogP contribution in [0.2, 0.25) is 0 Å². The molecule has 7 heteroatoms. The predicted octanol–water partition coefficient (Wildman–Crippen LogP) is 1.03. The maximum Gasteiger partial charge on any atom is 0.313 e. The second kappa shape index (κ2) is 7.59. The number of nitrogens with one attached hydrogen (secondary N) is 1. The van der Waals surface area contributed by atoms with E-state index in [4.69, 9.17) is 4.74 Å². The number of carbonyl (C=O) groups is 2. The highest BCUT2D eigenvalue weighted by Gasteiger charge is 2.29. The van der Waals surface area contributed by atoms with Crippen LogP contribution in [-0.4, -0.2) is 44.4 Å². The number of esters is 1. The Morgan fingerprint density at radius 2 is 2.00 bits per heavy atom. The molecule has 1 aromatic rings. The van der Waals surface area contributed by atoms with Crippen molar-refractivity contribution in [3.63, 3.8) is 0 Å². The van der Waals surface area contributed by atoms with Gasteiger partial charge in [0.25, 0.3) is 5.91 Å². The van der Waals surface area contributed by atoms with Gasteiger partial charge in [-0.1, -0.05) is 37.3 Å². The summed E-state index contributed by atoms with van der Waals surface area (Å²) < 4.78 is 27.7. The molecule has 0 radical (unpaired) electrons. The Kier molecular flexibility index (Phi) is 5.76. The van der Waals surface area contributed by atoms with Crippen molar-refractivity contribution in [3.8, 4) is 0 Å². The maximum absolute atomic E-state index is 12.1. The van der Waals surface area contributed by atoms with Gasteiger partial charge in [-0.3, -0.25) is 9.59 Å². The smallest absolute Gasteiger partial charge is 0.313 e. The summed E-state index contributed by atoms with van der Waals surface area (Å²) in [7, 11) is -3.05. The molecule has 1 fully saturated rings. The first-order chi connectivity index (χ1) is 10.9. The lowest BCUT2D eigenvalue weighted by Crippen LogP contribution is -2.38. The lowest BCUT2D eigenvalue weighted by atomic mass is 9.97. The largest absolute Gasteiger partial charge is 0.455 e. The van der Waals surface area contributed by atoms with Gasteiger partial charge in [0.15, 0.2) is 16.4 Å². The number of hydrogen-bond acceptors (Lipinski definition) is 5. The molecule has 0 saturated carbocycles. The zero-order valence-electron chi connectivity index (χ0n) is 13.0. The molecule has 0 spiro atoms. The van der Waals surface area contributed by atoms with Gasteiger partial charge in [-0.2, -0.15) is 0 Å². The molecule has 2 rings (SSSR count). The molecule has 0 bridgehead atoms. The lowest BCUT2D eigenvalue weighted by Gasteiger charge is -2.15. The number of hydrogen-bond donors (Lipinski definition) is 1. The first kappa shape index (κ1) is 17.5. The minimum Gasteiger partial charge on any atom is -0.455 e. The van der Waals surface area contributed by atoms with Crippen LogP contribution in [0.5, 0.6) is 0 Å². The van der Waals surface area contributed by atoms with Gasteiger partial charge in [0, 0.05) is 6.04 Å². The number of benzene rings is 1. The fourth-order valence-electron chi connectivity index (χ4n) is 2.64. The standard InChI is InChI=1S/C16H21NO5S/c1-2-14(12-6-4-3-5-7-12)16(19)22-10-15(18)17-13-8-9-23(20,21)11-13/h3-7,13-14H,2,8-11H2,1H3,(H,17,18)/t13-,14+/m1/s1. The molecule has 1 heterocycles. The Morgan fingerprint density at radius 1 is 1.30 bits per heavy atom. The highest BCUT2D eigenvalue weighted by Crippen LogP contribution is 2.20. The van der Waals surface area contributed by atoms with Crippen LogP contribution in [0.1, 0.15) is 31.2 Å². The summed E-state index contributed by atoms with van der Waals surface area (Å²) in [6.45, 7) is 1.49. The van der Waals surface area contributed by atoms with E-state index in [0.29, 0.717) is 12.8 Å². The average Bonchev–Trinajstić information content (AvgIpc) is 2.86. The molecule has 1 saturated heterocycles. The van der Waals surface area contributed by atoms with Gasteiger partial charge in [0.05, 0.1) is 17.4 Å². The Labute approximate surface area is 136 Å². The van der Waals surface area contributed by atoms with Gasteiger partial charge >= 0.3 is 5.97 Å². The third-order valence-electron chi connectivity index (χ3n) is 3.84. The fraction of sp³-hybridized carbons (Fsp3) is 0.500. The van der Waals surface area contributed by atoms with E-state index in [-0.39, 0.29) is 17.5 Å². The Morgan fingerprint density at radius 3 is 2.57 bits per heavy atom. The molecule has 1 aromatic carbocycles. The van der Waals surface area contributed by atoms with Crippen molar-refractivity contribution in [2.75, 3.05) is 18.1 Å². The summed E-state index contributed by atoms with van der Waals surface area (Å²) in [4.78, 5) is 23.9. The highest BCUT2D eigenvalue weighted by molar-refractivity contribution is 7.91. The Hall–Kier alpha value is -1.89. The van der Waals surface area contributed by atoms with E-state index in [0.717, 1.165) is 5.56 Å². The summed E-state index contributed by atoms with van der Waals surface area (Å²) in [5.74, 6) is -1.29. The van der Waals surface area contributed by atoms with E-state index >= 15 is 0 Å². The van der Waals surface area contributed by atoms with E-state index in [9.17, 15) is 18.0 Å². The average molecular weight is 339 g/mol. The van der Waals surface area contributed by atoms with Crippen LogP contribution in [0.15, 0.2) is 30.3 Å². The van der Waals surface area contributed by atoms with Crippen molar-refractivity contribution in [1.29, 1.82) is 0 Å². The molecule has 6 nitrogen and oxygen atoms in total. The van der Waals surface area contributed by atoms with Gasteiger partial charge in [-0.25, -0.2) is 8.42 Å². The van der Waals surface area contributed by atoms with E-state index in [1.54, 1.807) is 0 Å². The van der Waals surface area contributed by atoms with Crippen molar-refractivity contribution in [2.45, 2.75) is 31.7 Å². The van der Waals surface area contributed by atoms with E-state index in [1.807, 2.05) is 37.3 Å². The van der Waals surface area contributed by atoms with Crippen LogP contribution in [-0.2, 0) is 24.2 Å². The van der Waals surface area contributed by atoms with Crippen LogP contribution in [0.4, 0.5) is 0 Å². The number of carbonyl (C=O) groups excluding carboxylic acids is 2. The molecule has 2 atom stereocenters. The van der Waals surface area contributed by atoms with E-state index in [1.165, 1.54) is 0 Å². The molecule has 126 valence electrons. The molecule has 0 aliphatic carbocycles. The lowest BCUT2D eigenvalue weighted by molar-refractivity contribution is -0.150. The zero-order valence-corrected chi connectivity index (χ0v) is 13.8. The first-order valence-corrected chi connectivity index (χ1v) is 9.45. The highest BCUT2D eigenvalue weighted by atomic mass is 32.2. The predicted molar refractivity (Wildman–Crippen MR) is 85.6 cm³/mol. The number of rotatable bonds is 6. The minimum atomic E-state index is -3.05. The van der Waals surface area contributed by atoms with Gasteiger partial charge in [0.1, 0.15) is 0 Å². The van der Waals surface area contributed by atoms with Crippen LogP contribution < -0.4 is 5.32 Å². The van der Waals surface area contributed by atoms with Crippen LogP contribution in [0, 0.1) is 0 Å². The zero-order chi connectivity index (χ0) is 16.9. The molecule has 1 N–H and O–H groups in total. The van der Waals surface area contributed by atoms with Gasteiger partial charge in [-0.15, -0.1) is 0 Å². The molecule has 1 amide bonds. The van der Waals surface area contributed by atoms with E-state index < -0.39 is 34.2 Å². The monoisotopic (exact) mass is 339 g/mol. The van der Waals surface area contributed by atoms with Gasteiger partial charge in [-0.05, 0) is 18.4 Å². The van der Waals surface area contributed by atoms with Gasteiger partial charge in [0.2, 0.25) is 0 Å². The number of amides is 1. The normalized spacial score (nSPS) is 20.7. The molecule has 1 aliphatic rings. The second-order valence-corrected chi connectivity index (χ2v) is 7.88. The Balaban J connectivity index is 1.82. The van der Waals surface area contributed by atoms with Crippen molar-refractivity contribution >= 4 is 21.7 Å². The summed E-state index contributed by atoms with van der Waals surface area (Å²) in [6, 6.07) is 8.86. The molecule has 1 aliphatic heterocycles. The van der Waals surface area contributed by atoms with Crippen LogP contribution >= 0.6 is 0 Å². The van der Waals surface area contributed by atoms with E-state index in [2.05, 4.69) is 5.32 Å². The fourth-order valence-corrected chi connectivity index (χ4v) is 4.31. The summed E-state index contributed by atoms with van der Waals surface area (Å²) in [5.41, 5.74) is 0.849. The SMILES string of the molecule is CC[C@H](C(=O)OCC(=O)N[C@@H]1CCS(=O)(=O)C1)c1ccccc1. The summed E-state index contributed by atoms with van der Waals surface area (Å²) >= 11 is 0. The summed E-state index contributed by atoms with van der Waals surface area (Å²) in [5, 5.41) is 2.59. The second-order valence-electron chi connectivity index (χ2n) is 5.65. The van der Waals surface area contributed by atoms with Gasteiger partial charge < -0.3 is 10.1 Å². The minimum absolute atomic E-state index is 0.0473. The quantitative estimate of drug-likeness (QED) is 0.782. The molecule has 0 aromatic heterocycles. The topological polar surface area (TPSA) is 89.5 Å². The molecular weight excluding hydrogens is 318 g/mol. The van der Waals surface area contributed by atoms with Crippen molar-refractivity contribution in [1.82, 2.24) is 5.32 Å².